The first-order chi connectivity index (χ1) is 8.91. The maximum absolute atomic E-state index is 12.6. The molecule has 0 spiro atoms. The van der Waals surface area contributed by atoms with Gasteiger partial charge in [0, 0.05) is 20.7 Å². The topological polar surface area (TPSA) is 48.3 Å². The minimum Gasteiger partial charge on any atom is -0.377 e. The third kappa shape index (κ3) is 3.26. The van der Waals surface area contributed by atoms with E-state index in [2.05, 4.69) is 10.4 Å². The first kappa shape index (κ1) is 14.3. The molecule has 0 aromatic carbocycles. The van der Waals surface area contributed by atoms with E-state index in [9.17, 15) is 13.2 Å². The molecule has 5 nitrogen and oxygen atoms in total. The van der Waals surface area contributed by atoms with Crippen molar-refractivity contribution in [3.63, 3.8) is 0 Å². The van der Waals surface area contributed by atoms with Crippen molar-refractivity contribution in [1.29, 1.82) is 0 Å². The lowest BCUT2D eigenvalue weighted by Crippen LogP contribution is -2.39. The molecule has 1 aliphatic rings. The maximum Gasteiger partial charge on any atom is 0.433 e. The van der Waals surface area contributed by atoms with Gasteiger partial charge in [-0.15, -0.1) is 0 Å². The Balaban J connectivity index is 1.97. The summed E-state index contributed by atoms with van der Waals surface area (Å²) in [5.74, 6) is 0. The Morgan fingerprint density at radius 3 is 2.84 bits per heavy atom. The number of nitrogens with one attached hydrogen (secondary N) is 1. The molecule has 0 unspecified atom stereocenters. The first-order valence-electron chi connectivity index (χ1n) is 5.86. The zero-order valence-corrected chi connectivity index (χ0v) is 10.7. The van der Waals surface area contributed by atoms with Crippen LogP contribution in [-0.2, 0) is 29.2 Å². The Morgan fingerprint density at radius 2 is 2.26 bits per heavy atom. The molecule has 0 radical (unpaired) electrons. The largest absolute Gasteiger partial charge is 0.433 e. The van der Waals surface area contributed by atoms with Crippen molar-refractivity contribution in [3.05, 3.63) is 17.5 Å². The molecule has 108 valence electrons. The highest BCUT2D eigenvalue weighted by Gasteiger charge is 2.35. The van der Waals surface area contributed by atoms with Crippen molar-refractivity contribution < 1.29 is 22.6 Å². The van der Waals surface area contributed by atoms with Gasteiger partial charge in [-0.05, 0) is 6.07 Å². The molecule has 1 aliphatic heterocycles. The van der Waals surface area contributed by atoms with Crippen LogP contribution in [0.3, 0.4) is 0 Å². The van der Waals surface area contributed by atoms with Crippen molar-refractivity contribution in [3.8, 4) is 0 Å². The Kier molecular flexibility index (Phi) is 4.12. The van der Waals surface area contributed by atoms with Crippen LogP contribution in [-0.4, -0.2) is 42.2 Å². The van der Waals surface area contributed by atoms with Gasteiger partial charge in [0.2, 0.25) is 0 Å². The van der Waals surface area contributed by atoms with Crippen LogP contribution >= 0.6 is 0 Å². The van der Waals surface area contributed by atoms with E-state index in [1.54, 1.807) is 7.11 Å². The fourth-order valence-electron chi connectivity index (χ4n) is 2.07. The number of hydrogen-bond acceptors (Lipinski definition) is 4. The standard InChI is InChI=1S/C11H16F3N3O2/c1-17-10(11(12,13)14)3-7(16-17)4-15-8-5-19-6-9(8)18-2/h3,8-9,15H,4-6H2,1-2H3/t8-,9-/m1/s1. The molecular weight excluding hydrogens is 263 g/mol. The molecule has 2 rings (SSSR count). The molecule has 2 heterocycles. The van der Waals surface area contributed by atoms with E-state index in [0.29, 0.717) is 18.9 Å². The van der Waals surface area contributed by atoms with Crippen LogP contribution in [0.2, 0.25) is 0 Å². The van der Waals surface area contributed by atoms with Gasteiger partial charge in [0.05, 0.1) is 31.1 Å². The summed E-state index contributed by atoms with van der Waals surface area (Å²) < 4.78 is 49.1. The van der Waals surface area contributed by atoms with Crippen LogP contribution in [0.25, 0.3) is 0 Å². The van der Waals surface area contributed by atoms with Crippen LogP contribution in [0.4, 0.5) is 13.2 Å². The number of alkyl halides is 3. The van der Waals surface area contributed by atoms with E-state index < -0.39 is 11.9 Å². The number of aryl methyl sites for hydroxylation is 1. The van der Waals surface area contributed by atoms with Gasteiger partial charge in [-0.25, -0.2) is 0 Å². The van der Waals surface area contributed by atoms with Gasteiger partial charge in [0.25, 0.3) is 0 Å². The maximum atomic E-state index is 12.6. The summed E-state index contributed by atoms with van der Waals surface area (Å²) in [5.41, 5.74) is -0.410. The number of rotatable bonds is 4. The number of hydrogen-bond donors (Lipinski definition) is 1. The molecule has 19 heavy (non-hydrogen) atoms. The third-order valence-corrected chi connectivity index (χ3v) is 3.10. The average molecular weight is 279 g/mol. The second-order valence-corrected chi connectivity index (χ2v) is 4.44. The van der Waals surface area contributed by atoms with Gasteiger partial charge < -0.3 is 14.8 Å². The summed E-state index contributed by atoms with van der Waals surface area (Å²) in [7, 11) is 2.86. The summed E-state index contributed by atoms with van der Waals surface area (Å²) in [6, 6.07) is 1.02. The van der Waals surface area contributed by atoms with Crippen molar-refractivity contribution in [2.45, 2.75) is 24.9 Å². The van der Waals surface area contributed by atoms with Gasteiger partial charge in [0.15, 0.2) is 0 Å². The van der Waals surface area contributed by atoms with Gasteiger partial charge in [-0.1, -0.05) is 0 Å². The van der Waals surface area contributed by atoms with Crippen LogP contribution in [0.1, 0.15) is 11.4 Å². The van der Waals surface area contributed by atoms with E-state index in [0.717, 1.165) is 10.7 Å². The molecule has 1 aromatic rings. The van der Waals surface area contributed by atoms with Gasteiger partial charge in [-0.2, -0.15) is 18.3 Å². The molecule has 0 aliphatic carbocycles. The second kappa shape index (κ2) is 5.48. The molecule has 2 atom stereocenters. The molecule has 8 heteroatoms. The third-order valence-electron chi connectivity index (χ3n) is 3.10. The van der Waals surface area contributed by atoms with E-state index in [4.69, 9.17) is 9.47 Å². The SMILES string of the molecule is CO[C@@H]1COC[C@H]1NCc1cc(C(F)(F)F)n(C)n1. The summed E-state index contributed by atoms with van der Waals surface area (Å²) in [4.78, 5) is 0. The van der Waals surface area contributed by atoms with Gasteiger partial charge in [-0.3, -0.25) is 4.68 Å². The lowest BCUT2D eigenvalue weighted by Gasteiger charge is -2.16. The molecule has 0 saturated carbocycles. The number of aromatic nitrogens is 2. The highest BCUT2D eigenvalue weighted by Crippen LogP contribution is 2.29. The van der Waals surface area contributed by atoms with Crippen molar-refractivity contribution in [2.24, 2.45) is 7.05 Å². The van der Waals surface area contributed by atoms with Crippen molar-refractivity contribution in [1.82, 2.24) is 15.1 Å². The van der Waals surface area contributed by atoms with E-state index >= 15 is 0 Å². The van der Waals surface area contributed by atoms with Gasteiger partial charge in [0.1, 0.15) is 5.69 Å². The van der Waals surface area contributed by atoms with E-state index in [1.165, 1.54) is 7.05 Å². The van der Waals surface area contributed by atoms with Crippen LogP contribution in [0.5, 0.6) is 0 Å². The number of halogens is 3. The highest BCUT2D eigenvalue weighted by atomic mass is 19.4. The zero-order valence-electron chi connectivity index (χ0n) is 10.7. The van der Waals surface area contributed by atoms with Crippen LogP contribution in [0, 0.1) is 0 Å². The van der Waals surface area contributed by atoms with E-state index in [1.807, 2.05) is 0 Å². The minimum atomic E-state index is -4.38. The predicted molar refractivity (Wildman–Crippen MR) is 60.5 cm³/mol. The zero-order chi connectivity index (χ0) is 14.0. The summed E-state index contributed by atoms with van der Waals surface area (Å²) in [6.07, 6.45) is -4.46. The lowest BCUT2D eigenvalue weighted by molar-refractivity contribution is -0.143. The Bertz CT molecular complexity index is 433. The molecule has 1 aromatic heterocycles. The lowest BCUT2D eigenvalue weighted by atomic mass is 10.2. The quantitative estimate of drug-likeness (QED) is 0.891. The normalized spacial score (nSPS) is 24.1. The minimum absolute atomic E-state index is 0.0265. The fraction of sp³-hybridized carbons (Fsp3) is 0.727. The highest BCUT2D eigenvalue weighted by molar-refractivity contribution is 5.13. The smallest absolute Gasteiger partial charge is 0.377 e. The van der Waals surface area contributed by atoms with Gasteiger partial charge >= 0.3 is 6.18 Å². The molecular formula is C11H16F3N3O2. The Hall–Kier alpha value is -1.12. The summed E-state index contributed by atoms with van der Waals surface area (Å²) in [6.45, 7) is 1.22. The second-order valence-electron chi connectivity index (χ2n) is 4.44. The van der Waals surface area contributed by atoms with E-state index in [-0.39, 0.29) is 18.7 Å². The monoisotopic (exact) mass is 279 g/mol. The number of methoxy groups -OCH3 is 1. The average Bonchev–Trinajstić information content (AvgIpc) is 2.91. The molecule has 0 amide bonds. The van der Waals surface area contributed by atoms with Crippen LogP contribution < -0.4 is 5.32 Å². The Labute approximate surface area is 108 Å². The summed E-state index contributed by atoms with van der Waals surface area (Å²) in [5, 5.41) is 6.94. The first-order valence-corrected chi connectivity index (χ1v) is 5.86. The molecule has 1 fully saturated rings. The molecule has 1 saturated heterocycles. The molecule has 0 bridgehead atoms. The molecule has 1 N–H and O–H groups in total. The predicted octanol–water partition coefficient (Wildman–Crippen LogP) is 0.942. The fourth-order valence-corrected chi connectivity index (χ4v) is 2.07. The van der Waals surface area contributed by atoms with Crippen molar-refractivity contribution in [2.75, 3.05) is 20.3 Å². The van der Waals surface area contributed by atoms with Crippen molar-refractivity contribution >= 4 is 0 Å². The Morgan fingerprint density at radius 1 is 1.53 bits per heavy atom. The van der Waals surface area contributed by atoms with Crippen LogP contribution in [0.15, 0.2) is 6.07 Å². The number of nitrogens with zero attached hydrogens (tertiary/aromatic N) is 2. The summed E-state index contributed by atoms with van der Waals surface area (Å²) >= 11 is 0. The number of ether oxygens (including phenoxy) is 2.